The lowest BCUT2D eigenvalue weighted by Gasteiger charge is -2.39. The van der Waals surface area contributed by atoms with Crippen molar-refractivity contribution in [1.82, 2.24) is 19.7 Å². The number of halogens is 1. The first-order chi connectivity index (χ1) is 14.8. The van der Waals surface area contributed by atoms with Gasteiger partial charge in [-0.15, -0.1) is 0 Å². The number of nitrogens with one attached hydrogen (secondary N) is 2. The molecular formula is C20H21FN6O4. The molecule has 31 heavy (non-hydrogen) atoms. The van der Waals surface area contributed by atoms with Crippen molar-refractivity contribution in [2.24, 2.45) is 5.92 Å². The molecule has 0 bridgehead atoms. The molecule has 0 atom stereocenters. The number of carbonyl (C=O) groups excluding carboxylic acids is 1. The van der Waals surface area contributed by atoms with E-state index in [2.05, 4.69) is 20.4 Å². The van der Waals surface area contributed by atoms with Gasteiger partial charge in [0.15, 0.2) is 17.5 Å². The Morgan fingerprint density at radius 3 is 2.77 bits per heavy atom. The van der Waals surface area contributed by atoms with E-state index < -0.39 is 22.8 Å². The van der Waals surface area contributed by atoms with Crippen LogP contribution in [0.2, 0.25) is 0 Å². The van der Waals surface area contributed by atoms with Crippen LogP contribution < -0.4 is 15.6 Å². The average molecular weight is 428 g/mol. The standard InChI is InChI=1S/C20H21FN6O4/c1-3-4-27-10(2)5-15(25-27)23-19(29)11-8-26(9-11)18-14(21)6-12-16(28)13(20(30)31)7-22-17(12)24-18/h5-7,11H,3-4,8-9H2,1-2H3,(H,30,31)(H,22,24,28)(H,23,25,29). The van der Waals surface area contributed by atoms with Crippen LogP contribution in [0.1, 0.15) is 29.4 Å². The highest BCUT2D eigenvalue weighted by Crippen LogP contribution is 2.28. The largest absolute Gasteiger partial charge is 0.477 e. The lowest BCUT2D eigenvalue weighted by molar-refractivity contribution is -0.120. The predicted octanol–water partition coefficient (Wildman–Crippen LogP) is 1.75. The van der Waals surface area contributed by atoms with Gasteiger partial charge in [0.2, 0.25) is 11.3 Å². The number of aromatic amines is 1. The summed E-state index contributed by atoms with van der Waals surface area (Å²) in [7, 11) is 0. The van der Waals surface area contributed by atoms with E-state index in [1.54, 1.807) is 11.0 Å². The number of nitrogens with zero attached hydrogens (tertiary/aromatic N) is 4. The molecule has 0 saturated carbocycles. The number of aromatic nitrogens is 4. The zero-order valence-electron chi connectivity index (χ0n) is 17.0. The Bertz CT molecular complexity index is 1240. The number of carboxylic acids is 1. The van der Waals surface area contributed by atoms with Crippen molar-refractivity contribution >= 4 is 34.5 Å². The van der Waals surface area contributed by atoms with E-state index in [0.717, 1.165) is 30.9 Å². The number of pyridine rings is 2. The van der Waals surface area contributed by atoms with Gasteiger partial charge in [-0.25, -0.2) is 14.2 Å². The first-order valence-electron chi connectivity index (χ1n) is 9.84. The first-order valence-corrected chi connectivity index (χ1v) is 9.84. The second kappa shape index (κ2) is 7.82. The maximum absolute atomic E-state index is 14.6. The molecule has 11 heteroatoms. The van der Waals surface area contributed by atoms with Crippen molar-refractivity contribution in [1.29, 1.82) is 0 Å². The van der Waals surface area contributed by atoms with E-state index >= 15 is 0 Å². The second-order valence-electron chi connectivity index (χ2n) is 7.51. The third-order valence-electron chi connectivity index (χ3n) is 5.25. The maximum atomic E-state index is 14.6. The fraction of sp³-hybridized carbons (Fsp3) is 0.350. The van der Waals surface area contributed by atoms with Crippen LogP contribution >= 0.6 is 0 Å². The summed E-state index contributed by atoms with van der Waals surface area (Å²) in [6, 6.07) is 2.77. The van der Waals surface area contributed by atoms with Crippen LogP contribution in [-0.4, -0.2) is 49.8 Å². The summed E-state index contributed by atoms with van der Waals surface area (Å²) in [5.41, 5.74) is -0.261. The number of aromatic carboxylic acids is 1. The van der Waals surface area contributed by atoms with E-state index in [1.165, 1.54) is 0 Å². The highest BCUT2D eigenvalue weighted by atomic mass is 19.1. The van der Waals surface area contributed by atoms with Crippen molar-refractivity contribution < 1.29 is 19.1 Å². The zero-order valence-corrected chi connectivity index (χ0v) is 17.0. The van der Waals surface area contributed by atoms with E-state index in [0.29, 0.717) is 5.82 Å². The molecular weight excluding hydrogens is 407 g/mol. The van der Waals surface area contributed by atoms with E-state index in [1.807, 2.05) is 18.5 Å². The number of H-pyrrole nitrogens is 1. The minimum absolute atomic E-state index is 0.00153. The molecule has 0 unspecified atom stereocenters. The van der Waals surface area contributed by atoms with Crippen LogP contribution in [0.15, 0.2) is 23.1 Å². The number of rotatable bonds is 6. The van der Waals surface area contributed by atoms with Gasteiger partial charge in [0.25, 0.3) is 0 Å². The van der Waals surface area contributed by atoms with Gasteiger partial charge in [-0.05, 0) is 19.4 Å². The molecule has 1 amide bonds. The SMILES string of the molecule is CCCn1nc(NC(=O)C2CN(c3nc4[nH]cc(C(=O)O)c(=O)c4cc3F)C2)cc1C. The number of hydrogen-bond acceptors (Lipinski definition) is 6. The number of aryl methyl sites for hydroxylation is 2. The summed E-state index contributed by atoms with van der Waals surface area (Å²) in [6.07, 6.45) is 1.97. The van der Waals surface area contributed by atoms with Crippen molar-refractivity contribution in [3.05, 3.63) is 45.6 Å². The van der Waals surface area contributed by atoms with Crippen LogP contribution in [0.25, 0.3) is 11.0 Å². The van der Waals surface area contributed by atoms with Crippen molar-refractivity contribution in [3.8, 4) is 0 Å². The number of fused-ring (bicyclic) bond motifs is 1. The molecule has 0 radical (unpaired) electrons. The summed E-state index contributed by atoms with van der Waals surface area (Å²) in [6.45, 7) is 5.24. The molecule has 0 aliphatic carbocycles. The fourth-order valence-electron chi connectivity index (χ4n) is 3.55. The molecule has 10 nitrogen and oxygen atoms in total. The molecule has 162 valence electrons. The van der Waals surface area contributed by atoms with Crippen LogP contribution in [-0.2, 0) is 11.3 Å². The van der Waals surface area contributed by atoms with Gasteiger partial charge in [-0.1, -0.05) is 6.92 Å². The number of carboxylic acid groups (broad SMARTS) is 1. The third-order valence-corrected chi connectivity index (χ3v) is 5.25. The monoisotopic (exact) mass is 428 g/mol. The molecule has 4 heterocycles. The van der Waals surface area contributed by atoms with Gasteiger partial charge in [0.1, 0.15) is 11.2 Å². The number of amides is 1. The fourth-order valence-corrected chi connectivity index (χ4v) is 3.55. The molecule has 3 aromatic heterocycles. The van der Waals surface area contributed by atoms with Gasteiger partial charge in [0.05, 0.1) is 11.3 Å². The van der Waals surface area contributed by atoms with Crippen molar-refractivity contribution in [3.63, 3.8) is 0 Å². The molecule has 1 aliphatic rings. The topological polar surface area (TPSA) is 133 Å². The first kappa shape index (κ1) is 20.5. The Balaban J connectivity index is 1.47. The van der Waals surface area contributed by atoms with Crippen LogP contribution in [0.4, 0.5) is 16.0 Å². The molecule has 3 aromatic rings. The third kappa shape index (κ3) is 3.74. The predicted molar refractivity (Wildman–Crippen MR) is 111 cm³/mol. The maximum Gasteiger partial charge on any atom is 0.341 e. The van der Waals surface area contributed by atoms with Crippen LogP contribution in [0.5, 0.6) is 0 Å². The summed E-state index contributed by atoms with van der Waals surface area (Å²) in [5.74, 6) is -2.25. The van der Waals surface area contributed by atoms with Gasteiger partial charge in [-0.2, -0.15) is 5.10 Å². The van der Waals surface area contributed by atoms with E-state index in [4.69, 9.17) is 5.11 Å². The molecule has 1 saturated heterocycles. The summed E-state index contributed by atoms with van der Waals surface area (Å²) in [5, 5.41) is 16.0. The Labute approximate surface area is 175 Å². The number of hydrogen-bond donors (Lipinski definition) is 3. The van der Waals surface area contributed by atoms with Crippen LogP contribution in [0, 0.1) is 18.7 Å². The minimum atomic E-state index is -1.40. The normalized spacial score (nSPS) is 14.0. The highest BCUT2D eigenvalue weighted by molar-refractivity contribution is 5.94. The molecule has 3 N–H and O–H groups in total. The van der Waals surface area contributed by atoms with Gasteiger partial charge >= 0.3 is 5.97 Å². The summed E-state index contributed by atoms with van der Waals surface area (Å²) >= 11 is 0. The Morgan fingerprint density at radius 1 is 1.35 bits per heavy atom. The van der Waals surface area contributed by atoms with E-state index in [9.17, 15) is 18.8 Å². The average Bonchev–Trinajstić information content (AvgIpc) is 3.01. The van der Waals surface area contributed by atoms with Gasteiger partial charge in [0, 0.05) is 37.6 Å². The molecule has 1 fully saturated rings. The second-order valence-corrected chi connectivity index (χ2v) is 7.51. The molecule has 0 aromatic carbocycles. The summed E-state index contributed by atoms with van der Waals surface area (Å²) < 4.78 is 16.4. The number of carbonyl (C=O) groups is 2. The Morgan fingerprint density at radius 2 is 2.10 bits per heavy atom. The van der Waals surface area contributed by atoms with Gasteiger partial charge in [-0.3, -0.25) is 14.3 Å². The lowest BCUT2D eigenvalue weighted by atomic mass is 9.99. The lowest BCUT2D eigenvalue weighted by Crippen LogP contribution is -2.52. The quantitative estimate of drug-likeness (QED) is 0.545. The Kier molecular flexibility index (Phi) is 5.17. The minimum Gasteiger partial charge on any atom is -0.477 e. The van der Waals surface area contributed by atoms with Gasteiger partial charge < -0.3 is 20.3 Å². The highest BCUT2D eigenvalue weighted by Gasteiger charge is 2.35. The van der Waals surface area contributed by atoms with E-state index in [-0.39, 0.29) is 41.8 Å². The smallest absolute Gasteiger partial charge is 0.341 e. The molecule has 1 aliphatic heterocycles. The van der Waals surface area contributed by atoms with Crippen molar-refractivity contribution in [2.75, 3.05) is 23.3 Å². The van der Waals surface area contributed by atoms with Crippen molar-refractivity contribution in [2.45, 2.75) is 26.8 Å². The summed E-state index contributed by atoms with van der Waals surface area (Å²) in [4.78, 5) is 44.1. The molecule has 0 spiro atoms. The van der Waals surface area contributed by atoms with Crippen LogP contribution in [0.3, 0.4) is 0 Å². The molecule has 4 rings (SSSR count). The Hall–Kier alpha value is -3.76. The zero-order chi connectivity index (χ0) is 22.3. The number of anilines is 2.